The van der Waals surface area contributed by atoms with E-state index >= 15 is 0 Å². The average Bonchev–Trinajstić information content (AvgIpc) is 2.94. The van der Waals surface area contributed by atoms with Crippen LogP contribution in [0.4, 0.5) is 4.39 Å². The third-order valence-corrected chi connectivity index (χ3v) is 4.14. The van der Waals surface area contributed by atoms with Gasteiger partial charge in [0.2, 0.25) is 0 Å². The highest BCUT2D eigenvalue weighted by Crippen LogP contribution is 2.17. The monoisotopic (exact) mass is 320 g/mol. The lowest BCUT2D eigenvalue weighted by Crippen LogP contribution is -2.29. The molecular weight excluding hydrogens is 311 g/mol. The van der Waals surface area contributed by atoms with Crippen LogP contribution >= 0.6 is 11.3 Å². The number of nitrogens with one attached hydrogen (secondary N) is 1. The summed E-state index contributed by atoms with van der Waals surface area (Å²) in [5.74, 6) is -2.22. The van der Waals surface area contributed by atoms with Gasteiger partial charge in [0.25, 0.3) is 5.56 Å². The summed E-state index contributed by atoms with van der Waals surface area (Å²) < 4.78 is 14.7. The standard InChI is InChI=1S/C14H9FN2O4S/c15-10-2-1-7(5-9(10)13(19)20)6-17-12-8(3-4-22-12)11(18)16-14(17)21/h1-5H,6H2,(H,19,20)(H,16,18,21). The summed E-state index contributed by atoms with van der Waals surface area (Å²) in [5.41, 5.74) is -1.08. The van der Waals surface area contributed by atoms with Crippen molar-refractivity contribution < 1.29 is 14.3 Å². The Morgan fingerprint density at radius 2 is 2.09 bits per heavy atom. The van der Waals surface area contributed by atoms with E-state index in [1.165, 1.54) is 28.0 Å². The Balaban J connectivity index is 2.13. The normalized spacial score (nSPS) is 11.0. The van der Waals surface area contributed by atoms with Crippen LogP contribution in [0.15, 0.2) is 39.2 Å². The zero-order valence-corrected chi connectivity index (χ0v) is 11.8. The number of rotatable bonds is 3. The highest BCUT2D eigenvalue weighted by Gasteiger charge is 2.13. The molecule has 0 aliphatic heterocycles. The molecule has 2 heterocycles. The number of carbonyl (C=O) groups is 1. The van der Waals surface area contributed by atoms with Gasteiger partial charge in [-0.15, -0.1) is 11.3 Å². The Labute approximate surface area is 126 Å². The fraction of sp³-hybridized carbons (Fsp3) is 0.0714. The summed E-state index contributed by atoms with van der Waals surface area (Å²) in [5, 5.41) is 11.0. The van der Waals surface area contributed by atoms with Crippen molar-refractivity contribution in [3.63, 3.8) is 0 Å². The molecule has 0 unspecified atom stereocenters. The Morgan fingerprint density at radius 3 is 2.82 bits per heavy atom. The molecule has 0 radical (unpaired) electrons. The maximum absolute atomic E-state index is 13.4. The van der Waals surface area contributed by atoms with Gasteiger partial charge in [0.05, 0.1) is 17.5 Å². The van der Waals surface area contributed by atoms with Gasteiger partial charge >= 0.3 is 11.7 Å². The maximum Gasteiger partial charge on any atom is 0.338 e. The second-order valence-electron chi connectivity index (χ2n) is 4.60. The summed E-state index contributed by atoms with van der Waals surface area (Å²) in [4.78, 5) is 37.3. The molecule has 112 valence electrons. The molecule has 1 aromatic carbocycles. The third-order valence-electron chi connectivity index (χ3n) is 3.20. The number of nitrogens with zero attached hydrogens (tertiary/aromatic N) is 1. The minimum atomic E-state index is -1.38. The number of thiophene rings is 1. The van der Waals surface area contributed by atoms with Crippen molar-refractivity contribution in [1.29, 1.82) is 0 Å². The number of hydrogen-bond acceptors (Lipinski definition) is 4. The third kappa shape index (κ3) is 2.33. The first-order chi connectivity index (χ1) is 10.5. The van der Waals surface area contributed by atoms with Gasteiger partial charge in [0.1, 0.15) is 10.6 Å². The fourth-order valence-corrected chi connectivity index (χ4v) is 3.06. The predicted molar refractivity (Wildman–Crippen MR) is 79.2 cm³/mol. The first-order valence-electron chi connectivity index (χ1n) is 6.19. The summed E-state index contributed by atoms with van der Waals surface area (Å²) in [7, 11) is 0. The Morgan fingerprint density at radius 1 is 1.32 bits per heavy atom. The van der Waals surface area contributed by atoms with E-state index < -0.39 is 28.6 Å². The molecule has 2 aromatic heterocycles. The molecule has 0 bridgehead atoms. The van der Waals surface area contributed by atoms with Crippen LogP contribution in [0, 0.1) is 5.82 Å². The molecule has 0 aliphatic carbocycles. The predicted octanol–water partition coefficient (Wildman–Crippen LogP) is 1.64. The van der Waals surface area contributed by atoms with Crippen molar-refractivity contribution in [3.05, 3.63) is 67.4 Å². The van der Waals surface area contributed by atoms with E-state index in [2.05, 4.69) is 4.98 Å². The Kier molecular flexibility index (Phi) is 3.38. The highest BCUT2D eigenvalue weighted by atomic mass is 32.1. The topological polar surface area (TPSA) is 92.2 Å². The van der Waals surface area contributed by atoms with Crippen LogP contribution in [0.25, 0.3) is 10.2 Å². The minimum Gasteiger partial charge on any atom is -0.478 e. The van der Waals surface area contributed by atoms with E-state index in [0.717, 1.165) is 6.07 Å². The molecule has 3 rings (SSSR count). The molecule has 22 heavy (non-hydrogen) atoms. The number of aromatic amines is 1. The second kappa shape index (κ2) is 5.23. The SMILES string of the molecule is O=C(O)c1cc(Cn2c(=O)[nH]c(=O)c3ccsc32)ccc1F. The van der Waals surface area contributed by atoms with Gasteiger partial charge in [-0.1, -0.05) is 6.07 Å². The molecule has 8 heteroatoms. The van der Waals surface area contributed by atoms with Crippen LogP contribution in [0.1, 0.15) is 15.9 Å². The number of carboxylic acids is 1. The molecular formula is C14H9FN2O4S. The number of H-pyrrole nitrogens is 1. The van der Waals surface area contributed by atoms with E-state index in [0.29, 0.717) is 15.8 Å². The van der Waals surface area contributed by atoms with E-state index in [9.17, 15) is 18.8 Å². The van der Waals surface area contributed by atoms with Gasteiger partial charge in [-0.2, -0.15) is 0 Å². The summed E-state index contributed by atoms with van der Waals surface area (Å²) in [6.45, 7) is 0.0349. The summed E-state index contributed by atoms with van der Waals surface area (Å²) >= 11 is 1.23. The lowest BCUT2D eigenvalue weighted by Gasteiger charge is -2.08. The van der Waals surface area contributed by atoms with Gasteiger partial charge in [-0.05, 0) is 29.1 Å². The number of hydrogen-bond donors (Lipinski definition) is 2. The average molecular weight is 320 g/mol. The second-order valence-corrected chi connectivity index (χ2v) is 5.50. The van der Waals surface area contributed by atoms with Crippen LogP contribution in [0.3, 0.4) is 0 Å². The number of carboxylic acid groups (broad SMARTS) is 1. The van der Waals surface area contributed by atoms with E-state index in [1.807, 2.05) is 0 Å². The zero-order chi connectivity index (χ0) is 15.9. The van der Waals surface area contributed by atoms with Crippen LogP contribution in [-0.4, -0.2) is 20.6 Å². The van der Waals surface area contributed by atoms with Gasteiger partial charge in [0, 0.05) is 0 Å². The molecule has 2 N–H and O–H groups in total. The van der Waals surface area contributed by atoms with Crippen LogP contribution in [-0.2, 0) is 6.54 Å². The zero-order valence-electron chi connectivity index (χ0n) is 11.0. The molecule has 0 saturated carbocycles. The van der Waals surface area contributed by atoms with Gasteiger partial charge in [-0.3, -0.25) is 14.3 Å². The van der Waals surface area contributed by atoms with Crippen molar-refractivity contribution in [3.8, 4) is 0 Å². The lowest BCUT2D eigenvalue weighted by molar-refractivity contribution is 0.0691. The summed E-state index contributed by atoms with van der Waals surface area (Å²) in [6.07, 6.45) is 0. The molecule has 0 atom stereocenters. The molecule has 6 nitrogen and oxygen atoms in total. The largest absolute Gasteiger partial charge is 0.478 e. The molecule has 0 fully saturated rings. The quantitative estimate of drug-likeness (QED) is 0.767. The first-order valence-corrected chi connectivity index (χ1v) is 7.07. The maximum atomic E-state index is 13.4. The van der Waals surface area contributed by atoms with Crippen LogP contribution in [0.5, 0.6) is 0 Å². The summed E-state index contributed by atoms with van der Waals surface area (Å²) in [6, 6.07) is 5.22. The molecule has 0 saturated heterocycles. The smallest absolute Gasteiger partial charge is 0.338 e. The number of fused-ring (bicyclic) bond motifs is 1. The van der Waals surface area contributed by atoms with Crippen LogP contribution in [0.2, 0.25) is 0 Å². The van der Waals surface area contributed by atoms with Gasteiger partial charge < -0.3 is 5.11 Å². The first kappa shape index (κ1) is 14.2. The fourth-order valence-electron chi connectivity index (χ4n) is 2.17. The van der Waals surface area contributed by atoms with Crippen molar-refractivity contribution in [2.24, 2.45) is 0 Å². The van der Waals surface area contributed by atoms with Crippen molar-refractivity contribution >= 4 is 27.5 Å². The van der Waals surface area contributed by atoms with Gasteiger partial charge in [0.15, 0.2) is 0 Å². The number of aromatic carboxylic acids is 1. The van der Waals surface area contributed by atoms with E-state index in [-0.39, 0.29) is 6.54 Å². The molecule has 0 amide bonds. The minimum absolute atomic E-state index is 0.0349. The molecule has 3 aromatic rings. The van der Waals surface area contributed by atoms with E-state index in [1.54, 1.807) is 11.4 Å². The Bertz CT molecular complexity index is 1000. The number of benzene rings is 1. The van der Waals surface area contributed by atoms with Crippen molar-refractivity contribution in [1.82, 2.24) is 9.55 Å². The van der Waals surface area contributed by atoms with Crippen LogP contribution < -0.4 is 11.2 Å². The molecule has 0 aliphatic rings. The number of aromatic nitrogens is 2. The van der Waals surface area contributed by atoms with Crippen molar-refractivity contribution in [2.45, 2.75) is 6.54 Å². The Hall–Kier alpha value is -2.74. The number of halogens is 1. The van der Waals surface area contributed by atoms with Crippen molar-refractivity contribution in [2.75, 3.05) is 0 Å². The highest BCUT2D eigenvalue weighted by molar-refractivity contribution is 7.16. The van der Waals surface area contributed by atoms with E-state index in [4.69, 9.17) is 5.11 Å². The van der Waals surface area contributed by atoms with Gasteiger partial charge in [-0.25, -0.2) is 14.0 Å². The molecule has 0 spiro atoms. The lowest BCUT2D eigenvalue weighted by atomic mass is 10.1.